The van der Waals surface area contributed by atoms with Gasteiger partial charge in [0.2, 0.25) is 6.04 Å². The Bertz CT molecular complexity index is 168. The minimum Gasteiger partial charge on any atom is -0.0654 e. The zero-order chi connectivity index (χ0) is 10.2. The lowest BCUT2D eigenvalue weighted by Crippen LogP contribution is -2.15. The average molecular weight is 198 g/mol. The molecule has 2 heteroatoms. The number of hydrogen-bond acceptors (Lipinski definition) is 1. The van der Waals surface area contributed by atoms with Crippen LogP contribution in [0.2, 0.25) is 0 Å². The molecule has 0 aromatic rings. The van der Waals surface area contributed by atoms with Crippen molar-refractivity contribution >= 4 is 0 Å². The fraction of sp³-hybridized carbons (Fsp3) is 1.00. The molecule has 0 amide bonds. The third-order valence-corrected chi connectivity index (χ3v) is 3.21. The van der Waals surface area contributed by atoms with E-state index < -0.39 is 0 Å². The lowest BCUT2D eigenvalue weighted by molar-refractivity contribution is -0.565. The zero-order valence-corrected chi connectivity index (χ0v) is 9.50. The van der Waals surface area contributed by atoms with Gasteiger partial charge in [0.1, 0.15) is 0 Å². The van der Waals surface area contributed by atoms with Crippen LogP contribution in [-0.4, -0.2) is 17.3 Å². The van der Waals surface area contributed by atoms with Gasteiger partial charge in [-0.1, -0.05) is 39.0 Å². The maximum Gasteiger partial charge on any atom is 0.201 e. The molecule has 1 aliphatic heterocycles. The summed E-state index contributed by atoms with van der Waals surface area (Å²) in [5, 5.41) is 0. The van der Waals surface area contributed by atoms with Crippen molar-refractivity contribution < 1.29 is 4.76 Å². The SMILES string of the molecule is CCCCCCCCC1CCC[N+]1=O. The number of unbranched alkanes of at least 4 members (excludes halogenated alkanes) is 5. The highest BCUT2D eigenvalue weighted by atomic mass is 16.3. The quantitative estimate of drug-likeness (QED) is 0.451. The lowest BCUT2D eigenvalue weighted by atomic mass is 10.0. The summed E-state index contributed by atoms with van der Waals surface area (Å²) in [5.74, 6) is 0. The van der Waals surface area contributed by atoms with Crippen LogP contribution >= 0.6 is 0 Å². The smallest absolute Gasteiger partial charge is 0.0654 e. The molecule has 1 aliphatic rings. The van der Waals surface area contributed by atoms with Crippen molar-refractivity contribution in [3.8, 4) is 0 Å². The summed E-state index contributed by atoms with van der Waals surface area (Å²) in [6, 6.07) is 0.362. The Labute approximate surface area is 87.7 Å². The van der Waals surface area contributed by atoms with E-state index in [0.717, 1.165) is 25.8 Å². The topological polar surface area (TPSA) is 20.1 Å². The Morgan fingerprint density at radius 1 is 1.14 bits per heavy atom. The van der Waals surface area contributed by atoms with Gasteiger partial charge in [0, 0.05) is 28.9 Å². The van der Waals surface area contributed by atoms with Crippen molar-refractivity contribution in [2.75, 3.05) is 6.54 Å². The first-order chi connectivity index (χ1) is 6.84. The van der Waals surface area contributed by atoms with E-state index in [-0.39, 0.29) is 0 Å². The van der Waals surface area contributed by atoms with Gasteiger partial charge < -0.3 is 0 Å². The molecule has 0 N–H and O–H groups in total. The Kier molecular flexibility index (Phi) is 5.81. The van der Waals surface area contributed by atoms with Gasteiger partial charge in [-0.05, 0) is 6.42 Å². The van der Waals surface area contributed by atoms with E-state index in [1.165, 1.54) is 43.3 Å². The van der Waals surface area contributed by atoms with Crippen molar-refractivity contribution in [2.24, 2.45) is 0 Å². The molecule has 0 spiro atoms. The molecular weight excluding hydrogens is 174 g/mol. The molecule has 0 radical (unpaired) electrons. The summed E-state index contributed by atoms with van der Waals surface area (Å²) in [7, 11) is 0. The van der Waals surface area contributed by atoms with Crippen molar-refractivity contribution in [1.82, 2.24) is 0 Å². The van der Waals surface area contributed by atoms with E-state index in [4.69, 9.17) is 0 Å². The Morgan fingerprint density at radius 2 is 1.86 bits per heavy atom. The Morgan fingerprint density at radius 3 is 2.50 bits per heavy atom. The standard InChI is InChI=1S/C12H24NO/c1-2-3-4-5-6-7-9-12-10-8-11-13(12)14/h12H,2-11H2,1H3/q+1. The number of nitrogens with zero attached hydrogens (tertiary/aromatic N) is 1. The first kappa shape index (κ1) is 11.7. The highest BCUT2D eigenvalue weighted by molar-refractivity contribution is 4.62. The van der Waals surface area contributed by atoms with Crippen LogP contribution in [0.25, 0.3) is 0 Å². The first-order valence-corrected chi connectivity index (χ1v) is 6.28. The Balaban J connectivity index is 1.90. The molecule has 14 heavy (non-hydrogen) atoms. The predicted molar refractivity (Wildman–Crippen MR) is 59.5 cm³/mol. The fourth-order valence-corrected chi connectivity index (χ4v) is 2.26. The molecule has 0 aromatic carbocycles. The van der Waals surface area contributed by atoms with Crippen LogP contribution in [0.3, 0.4) is 0 Å². The number of rotatable bonds is 7. The van der Waals surface area contributed by atoms with Gasteiger partial charge in [-0.3, -0.25) is 0 Å². The van der Waals surface area contributed by atoms with Gasteiger partial charge >= 0.3 is 0 Å². The summed E-state index contributed by atoms with van der Waals surface area (Å²) in [5.41, 5.74) is 0. The summed E-state index contributed by atoms with van der Waals surface area (Å²) >= 11 is 0. The summed E-state index contributed by atoms with van der Waals surface area (Å²) in [6.07, 6.45) is 11.4. The van der Waals surface area contributed by atoms with Gasteiger partial charge in [-0.2, -0.15) is 0 Å². The van der Waals surface area contributed by atoms with E-state index in [9.17, 15) is 4.91 Å². The maximum absolute atomic E-state index is 11.3. The van der Waals surface area contributed by atoms with E-state index >= 15 is 0 Å². The molecule has 1 rings (SSSR count). The summed E-state index contributed by atoms with van der Waals surface area (Å²) in [4.78, 5) is 11.3. The molecule has 1 atom stereocenters. The molecule has 2 nitrogen and oxygen atoms in total. The lowest BCUT2D eigenvalue weighted by Gasteiger charge is -2.02. The fourth-order valence-electron chi connectivity index (χ4n) is 2.26. The second kappa shape index (κ2) is 6.97. The molecule has 1 unspecified atom stereocenters. The van der Waals surface area contributed by atoms with Gasteiger partial charge in [-0.15, -0.1) is 0 Å². The molecule has 82 valence electrons. The molecule has 1 heterocycles. The van der Waals surface area contributed by atoms with Crippen molar-refractivity contribution in [1.29, 1.82) is 0 Å². The maximum atomic E-state index is 11.3. The normalized spacial score (nSPS) is 21.8. The third kappa shape index (κ3) is 4.21. The van der Waals surface area contributed by atoms with E-state index in [1.54, 1.807) is 0 Å². The molecular formula is C12H24NO+. The molecule has 1 fully saturated rings. The Hall–Kier alpha value is -0.400. The molecule has 0 saturated carbocycles. The molecule has 0 aromatic heterocycles. The van der Waals surface area contributed by atoms with Gasteiger partial charge in [0.05, 0.1) is 0 Å². The third-order valence-electron chi connectivity index (χ3n) is 3.21. The van der Waals surface area contributed by atoms with Crippen LogP contribution in [0.1, 0.15) is 64.7 Å². The van der Waals surface area contributed by atoms with E-state index in [0.29, 0.717) is 6.04 Å². The summed E-state index contributed by atoms with van der Waals surface area (Å²) in [6.45, 7) is 3.02. The van der Waals surface area contributed by atoms with Crippen LogP contribution in [-0.2, 0) is 0 Å². The van der Waals surface area contributed by atoms with Crippen molar-refractivity contribution in [3.05, 3.63) is 4.91 Å². The molecule has 0 aliphatic carbocycles. The predicted octanol–water partition coefficient (Wildman–Crippen LogP) is 3.68. The van der Waals surface area contributed by atoms with Gasteiger partial charge in [-0.25, -0.2) is 0 Å². The number of hydrogen-bond donors (Lipinski definition) is 0. The van der Waals surface area contributed by atoms with Crippen molar-refractivity contribution in [2.45, 2.75) is 70.8 Å². The highest BCUT2D eigenvalue weighted by Crippen LogP contribution is 2.18. The van der Waals surface area contributed by atoms with Crippen molar-refractivity contribution in [3.63, 3.8) is 0 Å². The van der Waals surface area contributed by atoms with E-state index in [2.05, 4.69) is 6.92 Å². The molecule has 1 saturated heterocycles. The summed E-state index contributed by atoms with van der Waals surface area (Å²) < 4.78 is 1.30. The van der Waals surface area contributed by atoms with Crippen LogP contribution in [0, 0.1) is 4.91 Å². The van der Waals surface area contributed by atoms with Crippen LogP contribution in [0.5, 0.6) is 0 Å². The monoisotopic (exact) mass is 198 g/mol. The molecule has 0 bridgehead atoms. The van der Waals surface area contributed by atoms with E-state index in [1.807, 2.05) is 0 Å². The first-order valence-electron chi connectivity index (χ1n) is 6.28. The zero-order valence-electron chi connectivity index (χ0n) is 9.50. The number of nitroso groups, excluding NO2 is 1. The second-order valence-corrected chi connectivity index (χ2v) is 4.49. The van der Waals surface area contributed by atoms with Crippen LogP contribution < -0.4 is 0 Å². The minimum absolute atomic E-state index is 0.362. The van der Waals surface area contributed by atoms with Gasteiger partial charge in [0.15, 0.2) is 6.54 Å². The highest BCUT2D eigenvalue weighted by Gasteiger charge is 2.30. The van der Waals surface area contributed by atoms with Crippen LogP contribution in [0.15, 0.2) is 0 Å². The average Bonchev–Trinajstić information content (AvgIpc) is 2.58. The second-order valence-electron chi connectivity index (χ2n) is 4.49. The van der Waals surface area contributed by atoms with Crippen LogP contribution in [0.4, 0.5) is 0 Å². The van der Waals surface area contributed by atoms with Gasteiger partial charge in [0.25, 0.3) is 0 Å². The largest absolute Gasteiger partial charge is 0.201 e. The minimum atomic E-state index is 0.362.